The standard InChI is InChI=1S/C17H20N2O/c1-2-19(9-10-20)17-14-8-4-6-12-5-3-7-13(16(12)14)11-15(17)18/h3-8,11,17,20H,2,9-10,18H2,1H3. The Balaban J connectivity index is 2.20. The van der Waals surface area contributed by atoms with Gasteiger partial charge in [0.05, 0.1) is 12.6 Å². The highest BCUT2D eigenvalue weighted by atomic mass is 16.3. The molecule has 3 N–H and O–H groups in total. The number of aliphatic hydroxyl groups excluding tert-OH is 1. The summed E-state index contributed by atoms with van der Waals surface area (Å²) >= 11 is 0. The van der Waals surface area contributed by atoms with E-state index in [0.717, 1.165) is 12.2 Å². The van der Waals surface area contributed by atoms with Crippen LogP contribution in [-0.2, 0) is 0 Å². The van der Waals surface area contributed by atoms with E-state index in [4.69, 9.17) is 5.73 Å². The van der Waals surface area contributed by atoms with Crippen LogP contribution in [0.3, 0.4) is 0 Å². The molecule has 1 aliphatic carbocycles. The van der Waals surface area contributed by atoms with Crippen LogP contribution in [0, 0.1) is 0 Å². The van der Waals surface area contributed by atoms with Crippen LogP contribution >= 0.6 is 0 Å². The summed E-state index contributed by atoms with van der Waals surface area (Å²) in [6.45, 7) is 3.74. The first-order valence-electron chi connectivity index (χ1n) is 7.10. The lowest BCUT2D eigenvalue weighted by Gasteiger charge is -2.34. The van der Waals surface area contributed by atoms with Crippen molar-refractivity contribution in [2.24, 2.45) is 5.73 Å². The molecule has 2 aromatic rings. The van der Waals surface area contributed by atoms with Crippen molar-refractivity contribution in [2.75, 3.05) is 19.7 Å². The molecule has 0 aromatic heterocycles. The fourth-order valence-corrected chi connectivity index (χ4v) is 3.19. The Kier molecular flexibility index (Phi) is 3.47. The number of hydrogen-bond acceptors (Lipinski definition) is 3. The molecule has 0 saturated carbocycles. The molecule has 2 aromatic carbocycles. The van der Waals surface area contributed by atoms with Gasteiger partial charge < -0.3 is 10.8 Å². The average molecular weight is 268 g/mol. The minimum Gasteiger partial charge on any atom is -0.400 e. The third kappa shape index (κ3) is 1.99. The molecular formula is C17H20N2O. The summed E-state index contributed by atoms with van der Waals surface area (Å²) in [7, 11) is 0. The molecule has 0 saturated heterocycles. The number of likely N-dealkylation sites (N-methyl/N-ethyl adjacent to an activating group) is 1. The van der Waals surface area contributed by atoms with E-state index in [-0.39, 0.29) is 12.6 Å². The summed E-state index contributed by atoms with van der Waals surface area (Å²) in [6, 6.07) is 12.7. The number of hydrogen-bond donors (Lipinski definition) is 2. The van der Waals surface area contributed by atoms with Crippen molar-refractivity contribution < 1.29 is 5.11 Å². The molecule has 0 amide bonds. The van der Waals surface area contributed by atoms with Crippen molar-refractivity contribution in [2.45, 2.75) is 13.0 Å². The second-order valence-electron chi connectivity index (χ2n) is 5.19. The molecule has 3 nitrogen and oxygen atoms in total. The highest BCUT2D eigenvalue weighted by Gasteiger charge is 2.26. The quantitative estimate of drug-likeness (QED) is 0.895. The molecule has 1 aliphatic rings. The lowest BCUT2D eigenvalue weighted by Crippen LogP contribution is -2.35. The Bertz CT molecular complexity index is 658. The molecule has 0 fully saturated rings. The summed E-state index contributed by atoms with van der Waals surface area (Å²) in [5, 5.41) is 11.8. The minimum absolute atomic E-state index is 0.0609. The van der Waals surface area contributed by atoms with Gasteiger partial charge in [0.1, 0.15) is 0 Å². The maximum absolute atomic E-state index is 9.27. The predicted molar refractivity (Wildman–Crippen MR) is 83.2 cm³/mol. The van der Waals surface area contributed by atoms with E-state index in [1.54, 1.807) is 0 Å². The van der Waals surface area contributed by atoms with Crippen LogP contribution in [0.2, 0.25) is 0 Å². The second-order valence-corrected chi connectivity index (χ2v) is 5.19. The van der Waals surface area contributed by atoms with Gasteiger partial charge in [-0.3, -0.25) is 4.90 Å². The monoisotopic (exact) mass is 268 g/mol. The Morgan fingerprint density at radius 3 is 2.65 bits per heavy atom. The maximum Gasteiger partial charge on any atom is 0.0755 e. The molecule has 3 heteroatoms. The summed E-state index contributed by atoms with van der Waals surface area (Å²) in [6.07, 6.45) is 2.07. The Morgan fingerprint density at radius 2 is 1.95 bits per heavy atom. The molecule has 0 heterocycles. The topological polar surface area (TPSA) is 49.5 Å². The lowest BCUT2D eigenvalue weighted by atomic mass is 9.87. The van der Waals surface area contributed by atoms with Crippen molar-refractivity contribution in [1.82, 2.24) is 4.90 Å². The number of rotatable bonds is 4. The van der Waals surface area contributed by atoms with Crippen molar-refractivity contribution in [3.63, 3.8) is 0 Å². The Morgan fingerprint density at radius 1 is 1.20 bits per heavy atom. The first kappa shape index (κ1) is 13.2. The highest BCUT2D eigenvalue weighted by Crippen LogP contribution is 2.38. The van der Waals surface area contributed by atoms with Gasteiger partial charge in [-0.25, -0.2) is 0 Å². The third-order valence-electron chi connectivity index (χ3n) is 4.06. The first-order chi connectivity index (χ1) is 9.76. The van der Waals surface area contributed by atoms with E-state index in [9.17, 15) is 5.11 Å². The third-order valence-corrected chi connectivity index (χ3v) is 4.06. The Hall–Kier alpha value is -1.84. The van der Waals surface area contributed by atoms with Crippen LogP contribution in [0.25, 0.3) is 16.8 Å². The molecule has 0 bridgehead atoms. The minimum atomic E-state index is 0.0609. The van der Waals surface area contributed by atoms with E-state index < -0.39 is 0 Å². The van der Waals surface area contributed by atoms with E-state index in [2.05, 4.69) is 54.3 Å². The van der Waals surface area contributed by atoms with E-state index in [1.165, 1.54) is 21.9 Å². The smallest absolute Gasteiger partial charge is 0.0755 e. The summed E-state index contributed by atoms with van der Waals surface area (Å²) in [5.41, 5.74) is 9.60. The average Bonchev–Trinajstić information content (AvgIpc) is 2.46. The zero-order valence-corrected chi connectivity index (χ0v) is 11.7. The molecule has 0 aliphatic heterocycles. The molecule has 1 unspecified atom stereocenters. The van der Waals surface area contributed by atoms with Gasteiger partial charge in [-0.1, -0.05) is 43.3 Å². The molecule has 1 atom stereocenters. The van der Waals surface area contributed by atoms with Crippen LogP contribution in [0.1, 0.15) is 24.1 Å². The number of aliphatic hydroxyl groups is 1. The fourth-order valence-electron chi connectivity index (χ4n) is 3.19. The fraction of sp³-hybridized carbons (Fsp3) is 0.294. The number of benzene rings is 2. The summed E-state index contributed by atoms with van der Waals surface area (Å²) in [5.74, 6) is 0. The molecule has 104 valence electrons. The summed E-state index contributed by atoms with van der Waals surface area (Å²) in [4.78, 5) is 2.22. The van der Waals surface area contributed by atoms with Gasteiger partial charge in [-0.2, -0.15) is 0 Å². The SMILES string of the molecule is CCN(CCO)C1C(N)=Cc2cccc3cccc1c23. The van der Waals surface area contributed by atoms with Crippen LogP contribution < -0.4 is 5.73 Å². The number of nitrogens with two attached hydrogens (primary N) is 1. The highest BCUT2D eigenvalue weighted by molar-refractivity contribution is 5.96. The zero-order valence-electron chi connectivity index (χ0n) is 11.7. The van der Waals surface area contributed by atoms with Gasteiger partial charge in [0, 0.05) is 12.2 Å². The van der Waals surface area contributed by atoms with Crippen LogP contribution in [0.5, 0.6) is 0 Å². The summed E-state index contributed by atoms with van der Waals surface area (Å²) < 4.78 is 0. The van der Waals surface area contributed by atoms with Gasteiger partial charge in [0.2, 0.25) is 0 Å². The Labute approximate surface area is 119 Å². The van der Waals surface area contributed by atoms with E-state index in [1.807, 2.05) is 0 Å². The molecule has 0 spiro atoms. The van der Waals surface area contributed by atoms with Crippen molar-refractivity contribution in [3.05, 3.63) is 53.2 Å². The van der Waals surface area contributed by atoms with Gasteiger partial charge in [0.15, 0.2) is 0 Å². The molecule has 0 radical (unpaired) electrons. The van der Waals surface area contributed by atoms with E-state index in [0.29, 0.717) is 6.54 Å². The van der Waals surface area contributed by atoms with Crippen molar-refractivity contribution >= 4 is 16.8 Å². The van der Waals surface area contributed by atoms with Crippen molar-refractivity contribution in [1.29, 1.82) is 0 Å². The van der Waals surface area contributed by atoms with Gasteiger partial charge >= 0.3 is 0 Å². The lowest BCUT2D eigenvalue weighted by molar-refractivity contribution is 0.173. The second kappa shape index (κ2) is 5.27. The largest absolute Gasteiger partial charge is 0.400 e. The van der Waals surface area contributed by atoms with E-state index >= 15 is 0 Å². The van der Waals surface area contributed by atoms with Gasteiger partial charge in [-0.15, -0.1) is 0 Å². The first-order valence-corrected chi connectivity index (χ1v) is 7.10. The predicted octanol–water partition coefficient (Wildman–Crippen LogP) is 2.51. The van der Waals surface area contributed by atoms with Crippen LogP contribution in [-0.4, -0.2) is 29.7 Å². The number of nitrogens with zero attached hydrogens (tertiary/aromatic N) is 1. The normalized spacial score (nSPS) is 17.6. The van der Waals surface area contributed by atoms with Crippen LogP contribution in [0.4, 0.5) is 0 Å². The van der Waals surface area contributed by atoms with Crippen LogP contribution in [0.15, 0.2) is 42.1 Å². The molecule has 20 heavy (non-hydrogen) atoms. The van der Waals surface area contributed by atoms with Crippen molar-refractivity contribution in [3.8, 4) is 0 Å². The zero-order chi connectivity index (χ0) is 14.1. The molecular weight excluding hydrogens is 248 g/mol. The van der Waals surface area contributed by atoms with Gasteiger partial charge in [0.25, 0.3) is 0 Å². The van der Waals surface area contributed by atoms with Gasteiger partial charge in [-0.05, 0) is 34.5 Å². The maximum atomic E-state index is 9.27. The molecule has 3 rings (SSSR count).